The predicted octanol–water partition coefficient (Wildman–Crippen LogP) is -0.501. The summed E-state index contributed by atoms with van der Waals surface area (Å²) in [5.41, 5.74) is 0. The van der Waals surface area contributed by atoms with Crippen LogP contribution >= 0.6 is 0 Å². The largest absolute Gasteiger partial charge is 0.382 e. The molecule has 0 N–H and O–H groups in total. The summed E-state index contributed by atoms with van der Waals surface area (Å²) in [7, 11) is 1.59. The molecular formula is C14H24N2O5. The van der Waals surface area contributed by atoms with Crippen LogP contribution in [0.5, 0.6) is 0 Å². The van der Waals surface area contributed by atoms with Crippen molar-refractivity contribution in [1.29, 1.82) is 0 Å². The Bertz CT molecular complexity index is 349. The molecule has 0 aliphatic carbocycles. The lowest BCUT2D eigenvalue weighted by Crippen LogP contribution is -2.53. The van der Waals surface area contributed by atoms with Crippen LogP contribution in [0.15, 0.2) is 0 Å². The fourth-order valence-electron chi connectivity index (χ4n) is 2.55. The third kappa shape index (κ3) is 4.66. The van der Waals surface area contributed by atoms with Gasteiger partial charge in [-0.3, -0.25) is 9.59 Å². The first-order valence-electron chi connectivity index (χ1n) is 7.47. The van der Waals surface area contributed by atoms with E-state index >= 15 is 0 Å². The molecule has 2 saturated heterocycles. The van der Waals surface area contributed by atoms with Gasteiger partial charge in [-0.05, 0) is 12.8 Å². The molecule has 1 atom stereocenters. The highest BCUT2D eigenvalue weighted by atomic mass is 16.5. The second-order valence-electron chi connectivity index (χ2n) is 5.25. The summed E-state index contributed by atoms with van der Waals surface area (Å²) >= 11 is 0. The van der Waals surface area contributed by atoms with Crippen molar-refractivity contribution in [2.24, 2.45) is 0 Å². The summed E-state index contributed by atoms with van der Waals surface area (Å²) in [5.74, 6) is 0.0336. The highest BCUT2D eigenvalue weighted by Crippen LogP contribution is 2.16. The van der Waals surface area contributed by atoms with Gasteiger partial charge in [-0.2, -0.15) is 0 Å². The van der Waals surface area contributed by atoms with Crippen molar-refractivity contribution >= 4 is 11.8 Å². The second kappa shape index (κ2) is 8.31. The van der Waals surface area contributed by atoms with Crippen molar-refractivity contribution < 1.29 is 23.8 Å². The Hall–Kier alpha value is -1.18. The maximum Gasteiger partial charge on any atom is 0.251 e. The minimum Gasteiger partial charge on any atom is -0.382 e. The van der Waals surface area contributed by atoms with Crippen molar-refractivity contribution in [2.75, 3.05) is 59.7 Å². The molecule has 7 heteroatoms. The number of hydrogen-bond donors (Lipinski definition) is 0. The van der Waals surface area contributed by atoms with Gasteiger partial charge >= 0.3 is 0 Å². The summed E-state index contributed by atoms with van der Waals surface area (Å²) in [6.07, 6.45) is 1.49. The number of nitrogens with zero attached hydrogens (tertiary/aromatic N) is 2. The number of ether oxygens (including phenoxy) is 3. The van der Waals surface area contributed by atoms with Gasteiger partial charge in [-0.25, -0.2) is 0 Å². The Morgan fingerprint density at radius 1 is 1.14 bits per heavy atom. The van der Waals surface area contributed by atoms with Crippen molar-refractivity contribution in [3.8, 4) is 0 Å². The lowest BCUT2D eigenvalue weighted by Gasteiger charge is -2.35. The molecule has 0 bridgehead atoms. The van der Waals surface area contributed by atoms with Crippen LogP contribution in [-0.4, -0.2) is 87.4 Å². The number of carbonyl (C=O) groups excluding carboxylic acids is 2. The van der Waals surface area contributed by atoms with Gasteiger partial charge in [0.1, 0.15) is 12.7 Å². The zero-order chi connectivity index (χ0) is 15.1. The molecule has 7 nitrogen and oxygen atoms in total. The van der Waals surface area contributed by atoms with Gasteiger partial charge in [0.05, 0.1) is 13.2 Å². The van der Waals surface area contributed by atoms with Crippen LogP contribution in [0, 0.1) is 0 Å². The van der Waals surface area contributed by atoms with Crippen LogP contribution in [0.25, 0.3) is 0 Å². The topological polar surface area (TPSA) is 68.3 Å². The molecule has 0 spiro atoms. The lowest BCUT2D eigenvalue weighted by atomic mass is 10.2. The van der Waals surface area contributed by atoms with Crippen molar-refractivity contribution in [3.05, 3.63) is 0 Å². The highest BCUT2D eigenvalue weighted by molar-refractivity contribution is 5.82. The highest BCUT2D eigenvalue weighted by Gasteiger charge is 2.31. The molecule has 120 valence electrons. The molecule has 2 heterocycles. The average molecular weight is 300 g/mol. The molecule has 21 heavy (non-hydrogen) atoms. The Balaban J connectivity index is 1.67. The molecule has 2 rings (SSSR count). The number of hydrogen-bond acceptors (Lipinski definition) is 5. The minimum atomic E-state index is -0.273. The van der Waals surface area contributed by atoms with Gasteiger partial charge in [0.25, 0.3) is 5.91 Å². The molecule has 0 aromatic heterocycles. The molecule has 2 fully saturated rings. The van der Waals surface area contributed by atoms with Gasteiger partial charge in [-0.15, -0.1) is 0 Å². The molecule has 0 aromatic carbocycles. The fourth-order valence-corrected chi connectivity index (χ4v) is 2.55. The van der Waals surface area contributed by atoms with Gasteiger partial charge in [0.15, 0.2) is 0 Å². The number of carbonyl (C=O) groups is 2. The second-order valence-corrected chi connectivity index (χ2v) is 5.25. The quantitative estimate of drug-likeness (QED) is 0.619. The molecular weight excluding hydrogens is 276 g/mol. The Labute approximate surface area is 125 Å². The Morgan fingerprint density at radius 2 is 1.86 bits per heavy atom. The number of amides is 2. The first kappa shape index (κ1) is 16.2. The zero-order valence-corrected chi connectivity index (χ0v) is 12.6. The monoisotopic (exact) mass is 300 g/mol. The molecule has 2 amide bonds. The first-order chi connectivity index (χ1) is 10.2. The van der Waals surface area contributed by atoms with Crippen molar-refractivity contribution in [3.63, 3.8) is 0 Å². The van der Waals surface area contributed by atoms with E-state index in [1.807, 2.05) is 0 Å². The van der Waals surface area contributed by atoms with E-state index in [-0.39, 0.29) is 24.5 Å². The van der Waals surface area contributed by atoms with E-state index in [9.17, 15) is 9.59 Å². The Morgan fingerprint density at radius 3 is 2.48 bits per heavy atom. The third-order valence-corrected chi connectivity index (χ3v) is 3.81. The SMILES string of the molecule is COCCOCC(=O)N1CCN(C(=O)C2CCCO2)CC1. The van der Waals surface area contributed by atoms with Gasteiger partial charge in [0, 0.05) is 39.9 Å². The normalized spacial score (nSPS) is 22.6. The van der Waals surface area contributed by atoms with Gasteiger partial charge < -0.3 is 24.0 Å². The van der Waals surface area contributed by atoms with Crippen LogP contribution in [0.4, 0.5) is 0 Å². The molecule has 0 aromatic rings. The standard InChI is InChI=1S/C14H24N2O5/c1-19-9-10-20-11-13(17)15-4-6-16(7-5-15)14(18)12-3-2-8-21-12/h12H,2-11H2,1H3. The lowest BCUT2D eigenvalue weighted by molar-refractivity contribution is -0.147. The summed E-state index contributed by atoms with van der Waals surface area (Å²) in [6.45, 7) is 3.91. The first-order valence-corrected chi connectivity index (χ1v) is 7.47. The Kier molecular flexibility index (Phi) is 6.41. The number of rotatable bonds is 6. The van der Waals surface area contributed by atoms with E-state index in [0.717, 1.165) is 12.8 Å². The number of piperazine rings is 1. The van der Waals surface area contributed by atoms with Crippen LogP contribution in [0.1, 0.15) is 12.8 Å². The molecule has 2 aliphatic rings. The maximum atomic E-state index is 12.2. The van der Waals surface area contributed by atoms with E-state index in [1.165, 1.54) is 0 Å². The smallest absolute Gasteiger partial charge is 0.251 e. The van der Waals surface area contributed by atoms with E-state index in [2.05, 4.69) is 0 Å². The van der Waals surface area contributed by atoms with E-state index in [1.54, 1.807) is 16.9 Å². The van der Waals surface area contributed by atoms with Gasteiger partial charge in [0.2, 0.25) is 5.91 Å². The summed E-state index contributed by atoms with van der Waals surface area (Å²) in [5, 5.41) is 0. The fraction of sp³-hybridized carbons (Fsp3) is 0.857. The average Bonchev–Trinajstić information content (AvgIpc) is 3.05. The van der Waals surface area contributed by atoms with Gasteiger partial charge in [-0.1, -0.05) is 0 Å². The maximum absolute atomic E-state index is 12.2. The van der Waals surface area contributed by atoms with Crippen LogP contribution in [0.3, 0.4) is 0 Å². The summed E-state index contributed by atoms with van der Waals surface area (Å²) < 4.78 is 15.5. The summed E-state index contributed by atoms with van der Waals surface area (Å²) in [6, 6.07) is 0. The van der Waals surface area contributed by atoms with E-state index < -0.39 is 0 Å². The van der Waals surface area contributed by atoms with Crippen LogP contribution < -0.4 is 0 Å². The molecule has 0 saturated carbocycles. The summed E-state index contributed by atoms with van der Waals surface area (Å²) in [4.78, 5) is 27.6. The zero-order valence-electron chi connectivity index (χ0n) is 12.6. The molecule has 1 unspecified atom stereocenters. The molecule has 0 radical (unpaired) electrons. The van der Waals surface area contributed by atoms with Crippen LogP contribution in [0.2, 0.25) is 0 Å². The predicted molar refractivity (Wildman–Crippen MR) is 74.8 cm³/mol. The minimum absolute atomic E-state index is 0.0321. The third-order valence-electron chi connectivity index (χ3n) is 3.81. The van der Waals surface area contributed by atoms with Crippen molar-refractivity contribution in [2.45, 2.75) is 18.9 Å². The van der Waals surface area contributed by atoms with Crippen molar-refractivity contribution in [1.82, 2.24) is 9.80 Å². The van der Waals surface area contributed by atoms with E-state index in [0.29, 0.717) is 46.0 Å². The van der Waals surface area contributed by atoms with E-state index in [4.69, 9.17) is 14.2 Å². The number of methoxy groups -OCH3 is 1. The van der Waals surface area contributed by atoms with Crippen LogP contribution in [-0.2, 0) is 23.8 Å². The molecule has 2 aliphatic heterocycles.